The van der Waals surface area contributed by atoms with Gasteiger partial charge in [0.15, 0.2) is 0 Å². The van der Waals surface area contributed by atoms with Gasteiger partial charge in [0.05, 0.1) is 21.9 Å². The fourth-order valence-electron chi connectivity index (χ4n) is 5.54. The minimum Gasteiger partial charge on any atom is -0.365 e. The summed E-state index contributed by atoms with van der Waals surface area (Å²) in [5, 5.41) is 1.93. The zero-order chi connectivity index (χ0) is 21.8. The number of carbonyl (C=O) groups excluding carboxylic acids is 2. The molecule has 2 aromatic heterocycles. The molecule has 162 valence electrons. The molecule has 31 heavy (non-hydrogen) atoms. The molecule has 1 atom stereocenters. The van der Waals surface area contributed by atoms with Gasteiger partial charge in [0.2, 0.25) is 5.91 Å². The SMILES string of the molecule is CC(C)N1CCCC2(CCCN(c3ncc(C(N)=O)c4[nH]c5ccccc5c34)C2)C1=O. The summed E-state index contributed by atoms with van der Waals surface area (Å²) < 4.78 is 0. The third-order valence-electron chi connectivity index (χ3n) is 7.05. The van der Waals surface area contributed by atoms with E-state index in [4.69, 9.17) is 10.7 Å². The number of carbonyl (C=O) groups is 2. The van der Waals surface area contributed by atoms with Crippen molar-refractivity contribution < 1.29 is 9.59 Å². The number of nitrogens with zero attached hydrogens (tertiary/aromatic N) is 3. The van der Waals surface area contributed by atoms with Gasteiger partial charge in [-0.1, -0.05) is 18.2 Å². The average Bonchev–Trinajstić information content (AvgIpc) is 3.14. The van der Waals surface area contributed by atoms with Crippen molar-refractivity contribution in [3.8, 4) is 0 Å². The molecule has 3 aromatic rings. The number of H-pyrrole nitrogens is 1. The first kappa shape index (κ1) is 19.8. The van der Waals surface area contributed by atoms with Gasteiger partial charge >= 0.3 is 0 Å². The Hall–Kier alpha value is -3.09. The van der Waals surface area contributed by atoms with Gasteiger partial charge in [-0.05, 0) is 45.6 Å². The third kappa shape index (κ3) is 3.06. The number of rotatable bonds is 3. The number of benzene rings is 1. The van der Waals surface area contributed by atoms with E-state index in [0.29, 0.717) is 12.1 Å². The van der Waals surface area contributed by atoms with Crippen molar-refractivity contribution in [2.75, 3.05) is 24.5 Å². The average molecular weight is 420 g/mol. The van der Waals surface area contributed by atoms with E-state index in [-0.39, 0.29) is 17.4 Å². The number of primary amides is 1. The van der Waals surface area contributed by atoms with Crippen molar-refractivity contribution in [1.29, 1.82) is 0 Å². The summed E-state index contributed by atoms with van der Waals surface area (Å²) in [6.07, 6.45) is 5.39. The second kappa shape index (κ2) is 7.25. The number of fused-ring (bicyclic) bond motifs is 3. The molecular weight excluding hydrogens is 390 g/mol. The number of likely N-dealkylation sites (tertiary alicyclic amines) is 1. The molecule has 2 aliphatic heterocycles. The highest BCUT2D eigenvalue weighted by Gasteiger charge is 2.47. The first-order chi connectivity index (χ1) is 14.9. The molecule has 0 saturated carbocycles. The highest BCUT2D eigenvalue weighted by atomic mass is 16.2. The summed E-state index contributed by atoms with van der Waals surface area (Å²) in [7, 11) is 0. The minimum atomic E-state index is -0.499. The molecule has 1 aromatic carbocycles. The van der Waals surface area contributed by atoms with Crippen LogP contribution in [0.2, 0.25) is 0 Å². The number of nitrogens with two attached hydrogens (primary N) is 1. The largest absolute Gasteiger partial charge is 0.365 e. The molecule has 2 amide bonds. The standard InChI is InChI=1S/C24H29N5O2/c1-15(2)29-12-6-10-24(23(29)31)9-5-11-28(14-24)22-19-16-7-3-4-8-18(16)27-20(19)17(13-26-22)21(25)30/h3-4,7-8,13,15,27H,5-6,9-12,14H2,1-2H3,(H2,25,30). The molecule has 0 aliphatic carbocycles. The number of aromatic nitrogens is 2. The summed E-state index contributed by atoms with van der Waals surface area (Å²) in [5.41, 5.74) is 7.34. The number of hydrogen-bond acceptors (Lipinski definition) is 4. The molecule has 0 bridgehead atoms. The van der Waals surface area contributed by atoms with Crippen LogP contribution in [0, 0.1) is 5.41 Å². The summed E-state index contributed by atoms with van der Waals surface area (Å²) >= 11 is 0. The fraction of sp³-hybridized carbons (Fsp3) is 0.458. The van der Waals surface area contributed by atoms with E-state index in [9.17, 15) is 9.59 Å². The third-order valence-corrected chi connectivity index (χ3v) is 7.05. The van der Waals surface area contributed by atoms with Crippen molar-refractivity contribution in [3.05, 3.63) is 36.0 Å². The van der Waals surface area contributed by atoms with Gasteiger partial charge in [-0.25, -0.2) is 4.98 Å². The lowest BCUT2D eigenvalue weighted by molar-refractivity contribution is -0.149. The Balaban J connectivity index is 1.62. The molecule has 2 fully saturated rings. The molecule has 1 unspecified atom stereocenters. The Kier molecular flexibility index (Phi) is 4.64. The normalized spacial score (nSPS) is 22.2. The van der Waals surface area contributed by atoms with Crippen LogP contribution < -0.4 is 10.6 Å². The number of pyridine rings is 1. The number of anilines is 1. The Morgan fingerprint density at radius 3 is 2.68 bits per heavy atom. The Morgan fingerprint density at radius 2 is 1.94 bits per heavy atom. The van der Waals surface area contributed by atoms with E-state index in [1.165, 1.54) is 0 Å². The van der Waals surface area contributed by atoms with Gasteiger partial charge in [0.1, 0.15) is 5.82 Å². The van der Waals surface area contributed by atoms with Crippen LogP contribution in [0.5, 0.6) is 0 Å². The van der Waals surface area contributed by atoms with Crippen molar-refractivity contribution in [3.63, 3.8) is 0 Å². The predicted molar refractivity (Wildman–Crippen MR) is 122 cm³/mol. The lowest BCUT2D eigenvalue weighted by Gasteiger charge is -2.48. The van der Waals surface area contributed by atoms with Crippen LogP contribution in [-0.2, 0) is 4.79 Å². The quantitative estimate of drug-likeness (QED) is 0.680. The van der Waals surface area contributed by atoms with Crippen LogP contribution in [0.3, 0.4) is 0 Å². The van der Waals surface area contributed by atoms with Gasteiger partial charge < -0.3 is 20.5 Å². The zero-order valence-electron chi connectivity index (χ0n) is 18.1. The molecule has 7 heteroatoms. The molecule has 2 aliphatic rings. The number of amides is 2. The fourth-order valence-corrected chi connectivity index (χ4v) is 5.54. The van der Waals surface area contributed by atoms with E-state index >= 15 is 0 Å². The topological polar surface area (TPSA) is 95.3 Å². The number of piperidine rings is 2. The Bertz CT molecular complexity index is 1180. The van der Waals surface area contributed by atoms with E-state index in [0.717, 1.165) is 66.4 Å². The van der Waals surface area contributed by atoms with E-state index in [1.807, 2.05) is 29.2 Å². The predicted octanol–water partition coefficient (Wildman–Crippen LogP) is 3.43. The van der Waals surface area contributed by atoms with Crippen LogP contribution in [0.15, 0.2) is 30.5 Å². The first-order valence-corrected chi connectivity index (χ1v) is 11.2. The number of nitrogens with one attached hydrogen (secondary N) is 1. The summed E-state index contributed by atoms with van der Waals surface area (Å²) in [6.45, 7) is 6.53. The lowest BCUT2D eigenvalue weighted by atomic mass is 9.72. The summed E-state index contributed by atoms with van der Waals surface area (Å²) in [5.74, 6) is 0.606. The zero-order valence-corrected chi connectivity index (χ0v) is 18.1. The van der Waals surface area contributed by atoms with Crippen molar-refractivity contribution in [2.45, 2.75) is 45.6 Å². The monoisotopic (exact) mass is 419 g/mol. The van der Waals surface area contributed by atoms with Gasteiger partial charge in [0.25, 0.3) is 5.91 Å². The highest BCUT2D eigenvalue weighted by molar-refractivity contribution is 6.18. The Morgan fingerprint density at radius 1 is 1.19 bits per heavy atom. The van der Waals surface area contributed by atoms with Crippen LogP contribution >= 0.6 is 0 Å². The molecule has 5 rings (SSSR count). The van der Waals surface area contributed by atoms with E-state index in [1.54, 1.807) is 6.20 Å². The lowest BCUT2D eigenvalue weighted by Crippen LogP contribution is -2.57. The van der Waals surface area contributed by atoms with Gasteiger partial charge in [-0.3, -0.25) is 9.59 Å². The number of aromatic amines is 1. The number of para-hydroxylation sites is 1. The van der Waals surface area contributed by atoms with Crippen LogP contribution in [0.25, 0.3) is 21.8 Å². The smallest absolute Gasteiger partial charge is 0.252 e. The first-order valence-electron chi connectivity index (χ1n) is 11.2. The second-order valence-corrected chi connectivity index (χ2v) is 9.28. The molecule has 0 radical (unpaired) electrons. The second-order valence-electron chi connectivity index (χ2n) is 9.28. The molecular formula is C24H29N5O2. The molecule has 2 saturated heterocycles. The van der Waals surface area contributed by atoms with Crippen molar-refractivity contribution in [2.24, 2.45) is 11.1 Å². The molecule has 4 heterocycles. The van der Waals surface area contributed by atoms with Crippen LogP contribution in [-0.4, -0.2) is 52.4 Å². The van der Waals surface area contributed by atoms with E-state index < -0.39 is 5.91 Å². The van der Waals surface area contributed by atoms with Crippen molar-refractivity contribution in [1.82, 2.24) is 14.9 Å². The van der Waals surface area contributed by atoms with Crippen LogP contribution in [0.1, 0.15) is 49.9 Å². The number of hydrogen-bond donors (Lipinski definition) is 2. The van der Waals surface area contributed by atoms with Crippen molar-refractivity contribution >= 4 is 39.4 Å². The van der Waals surface area contributed by atoms with Crippen LogP contribution in [0.4, 0.5) is 5.82 Å². The summed E-state index contributed by atoms with van der Waals surface area (Å²) in [6, 6.07) is 8.20. The molecule has 1 spiro atoms. The van der Waals surface area contributed by atoms with Gasteiger partial charge in [0, 0.05) is 42.8 Å². The molecule has 3 N–H and O–H groups in total. The van der Waals surface area contributed by atoms with Gasteiger partial charge in [-0.15, -0.1) is 0 Å². The Labute approximate surface area is 181 Å². The molecule has 7 nitrogen and oxygen atoms in total. The highest BCUT2D eigenvalue weighted by Crippen LogP contribution is 2.43. The maximum absolute atomic E-state index is 13.5. The minimum absolute atomic E-state index is 0.216. The maximum Gasteiger partial charge on any atom is 0.252 e. The van der Waals surface area contributed by atoms with Gasteiger partial charge in [-0.2, -0.15) is 0 Å². The maximum atomic E-state index is 13.5. The van der Waals surface area contributed by atoms with E-state index in [2.05, 4.69) is 23.7 Å². The summed E-state index contributed by atoms with van der Waals surface area (Å²) in [4.78, 5) is 37.9.